The maximum atomic E-state index is 13.1. The van der Waals surface area contributed by atoms with Gasteiger partial charge in [-0.3, -0.25) is 14.5 Å². The third kappa shape index (κ3) is 4.39. The number of nitrogens with zero attached hydrogens (tertiary/aromatic N) is 2. The predicted molar refractivity (Wildman–Crippen MR) is 109 cm³/mol. The van der Waals surface area contributed by atoms with Gasteiger partial charge in [-0.15, -0.1) is 0 Å². The van der Waals surface area contributed by atoms with Gasteiger partial charge in [-0.2, -0.15) is 4.31 Å². The molecule has 0 amide bonds. The van der Waals surface area contributed by atoms with Crippen molar-refractivity contribution in [3.8, 4) is 0 Å². The van der Waals surface area contributed by atoms with Crippen molar-refractivity contribution >= 4 is 21.8 Å². The molecule has 1 atom stereocenters. The first-order valence-electron chi connectivity index (χ1n) is 10.2. The summed E-state index contributed by atoms with van der Waals surface area (Å²) in [6.07, 6.45) is 2.70. The second kappa shape index (κ2) is 8.53. The van der Waals surface area contributed by atoms with E-state index in [0.717, 1.165) is 19.3 Å². The van der Waals surface area contributed by atoms with Crippen LogP contribution in [0.15, 0.2) is 29.2 Å². The third-order valence-electron chi connectivity index (χ3n) is 6.06. The van der Waals surface area contributed by atoms with Crippen LogP contribution < -0.4 is 0 Å². The highest BCUT2D eigenvalue weighted by atomic mass is 32.2. The normalized spacial score (nSPS) is 22.7. The van der Waals surface area contributed by atoms with Gasteiger partial charge in [-0.05, 0) is 45.7 Å². The summed E-state index contributed by atoms with van der Waals surface area (Å²) in [4.78, 5) is 26.2. The number of carbonyl (C=O) groups is 2. The van der Waals surface area contributed by atoms with Crippen molar-refractivity contribution in [1.29, 1.82) is 0 Å². The highest BCUT2D eigenvalue weighted by molar-refractivity contribution is 7.89. The monoisotopic (exact) mass is 422 g/mol. The van der Waals surface area contributed by atoms with E-state index in [1.165, 1.54) is 23.4 Å². The van der Waals surface area contributed by atoms with Crippen LogP contribution in [0.5, 0.6) is 0 Å². The van der Waals surface area contributed by atoms with Crippen molar-refractivity contribution in [3.63, 3.8) is 0 Å². The molecule has 1 heterocycles. The average Bonchev–Trinajstić information content (AvgIpc) is 2.64. The van der Waals surface area contributed by atoms with E-state index in [-0.39, 0.29) is 22.7 Å². The Morgan fingerprint density at radius 1 is 1.17 bits per heavy atom. The number of Topliss-reactive ketones (excluding diaryl/α,β-unsaturated/α-hetero) is 1. The lowest BCUT2D eigenvalue weighted by molar-refractivity contribution is -0.163. The molecule has 1 saturated heterocycles. The average molecular weight is 423 g/mol. The topological polar surface area (TPSA) is 84.0 Å². The Hall–Kier alpha value is -1.77. The quantitative estimate of drug-likeness (QED) is 0.495. The minimum Gasteiger partial charge on any atom is -0.466 e. The van der Waals surface area contributed by atoms with Crippen LogP contribution in [0.2, 0.25) is 0 Å². The van der Waals surface area contributed by atoms with Crippen molar-refractivity contribution in [2.75, 3.05) is 32.8 Å². The first-order valence-corrected chi connectivity index (χ1v) is 11.7. The summed E-state index contributed by atoms with van der Waals surface area (Å²) in [5.74, 6) is -0.220. The van der Waals surface area contributed by atoms with Gasteiger partial charge in [0.2, 0.25) is 10.0 Å². The summed E-state index contributed by atoms with van der Waals surface area (Å²) < 4.78 is 33.0. The smallest absolute Gasteiger partial charge is 0.313 e. The number of carbonyl (C=O) groups excluding carboxylic acids is 2. The molecular formula is C21H30N2O5S. The van der Waals surface area contributed by atoms with Gasteiger partial charge in [0.15, 0.2) is 5.78 Å². The molecule has 1 aliphatic heterocycles. The predicted octanol–water partition coefficient (Wildman–Crippen LogP) is 2.32. The first kappa shape index (κ1) is 21.9. The van der Waals surface area contributed by atoms with Crippen molar-refractivity contribution in [2.45, 2.75) is 51.0 Å². The second-order valence-corrected chi connectivity index (χ2v) is 10.0. The lowest BCUT2D eigenvalue weighted by atomic mass is 9.68. The standard InChI is InChI=1S/C21H30N2O5S/c1-4-28-20(25)21(10-5-11-21)15-22-12-13-23(16(2)14-22)29(26,27)19-8-6-18(7-9-19)17(3)24/h6-9,16H,4-5,10-15H2,1-3H3. The molecule has 2 fully saturated rings. The Kier molecular flexibility index (Phi) is 6.45. The summed E-state index contributed by atoms with van der Waals surface area (Å²) in [5.41, 5.74) is 0.0609. The van der Waals surface area contributed by atoms with Gasteiger partial charge in [0, 0.05) is 37.8 Å². The van der Waals surface area contributed by atoms with Crippen LogP contribution in [0.3, 0.4) is 0 Å². The van der Waals surface area contributed by atoms with Crippen LogP contribution in [-0.2, 0) is 19.6 Å². The van der Waals surface area contributed by atoms with Crippen molar-refractivity contribution in [2.24, 2.45) is 5.41 Å². The molecular weight excluding hydrogens is 392 g/mol. The first-order chi connectivity index (χ1) is 13.7. The van der Waals surface area contributed by atoms with E-state index in [0.29, 0.717) is 38.3 Å². The fraction of sp³-hybridized carbons (Fsp3) is 0.619. The van der Waals surface area contributed by atoms with Crippen LogP contribution in [0.1, 0.15) is 50.4 Å². The van der Waals surface area contributed by atoms with Crippen LogP contribution >= 0.6 is 0 Å². The number of hydrogen-bond acceptors (Lipinski definition) is 6. The number of sulfonamides is 1. The van der Waals surface area contributed by atoms with Gasteiger partial charge < -0.3 is 4.74 Å². The van der Waals surface area contributed by atoms with Crippen LogP contribution in [0.25, 0.3) is 0 Å². The molecule has 29 heavy (non-hydrogen) atoms. The molecule has 0 aromatic heterocycles. The van der Waals surface area contributed by atoms with Crippen molar-refractivity contribution in [3.05, 3.63) is 29.8 Å². The Morgan fingerprint density at radius 3 is 2.31 bits per heavy atom. The molecule has 2 aliphatic rings. The molecule has 0 spiro atoms. The van der Waals surface area contributed by atoms with Gasteiger partial charge in [0.05, 0.1) is 16.9 Å². The molecule has 1 unspecified atom stereocenters. The van der Waals surface area contributed by atoms with E-state index in [1.807, 2.05) is 13.8 Å². The molecule has 0 radical (unpaired) electrons. The van der Waals surface area contributed by atoms with Gasteiger partial charge >= 0.3 is 5.97 Å². The Balaban J connectivity index is 1.68. The second-order valence-electron chi connectivity index (χ2n) is 8.13. The molecule has 1 aliphatic carbocycles. The Labute approximate surface area is 173 Å². The number of rotatable bonds is 7. The summed E-state index contributed by atoms with van der Waals surface area (Å²) >= 11 is 0. The molecule has 8 heteroatoms. The van der Waals surface area contributed by atoms with E-state index in [2.05, 4.69) is 4.90 Å². The molecule has 3 rings (SSSR count). The fourth-order valence-electron chi connectivity index (χ4n) is 4.26. The number of benzene rings is 1. The lowest BCUT2D eigenvalue weighted by Crippen LogP contribution is -2.58. The molecule has 1 aromatic carbocycles. The maximum Gasteiger partial charge on any atom is 0.313 e. The highest BCUT2D eigenvalue weighted by Crippen LogP contribution is 2.43. The molecule has 160 valence electrons. The molecule has 0 bridgehead atoms. The van der Waals surface area contributed by atoms with E-state index in [9.17, 15) is 18.0 Å². The van der Waals surface area contributed by atoms with Crippen LogP contribution in [0, 0.1) is 5.41 Å². The Morgan fingerprint density at radius 2 is 1.83 bits per heavy atom. The van der Waals surface area contributed by atoms with E-state index in [1.54, 1.807) is 12.1 Å². The van der Waals surface area contributed by atoms with Crippen LogP contribution in [0.4, 0.5) is 0 Å². The number of ketones is 1. The molecule has 7 nitrogen and oxygen atoms in total. The van der Waals surface area contributed by atoms with Gasteiger partial charge in [0.1, 0.15) is 0 Å². The van der Waals surface area contributed by atoms with Gasteiger partial charge in [0.25, 0.3) is 0 Å². The van der Waals surface area contributed by atoms with Crippen LogP contribution in [-0.4, -0.2) is 68.2 Å². The largest absolute Gasteiger partial charge is 0.466 e. The summed E-state index contributed by atoms with van der Waals surface area (Å²) in [6.45, 7) is 7.70. The lowest BCUT2D eigenvalue weighted by Gasteiger charge is -2.46. The number of hydrogen-bond donors (Lipinski definition) is 0. The SMILES string of the molecule is CCOC(=O)C1(CN2CCN(S(=O)(=O)c3ccc(C(C)=O)cc3)C(C)C2)CCC1. The number of esters is 1. The van der Waals surface area contributed by atoms with Gasteiger partial charge in [-0.25, -0.2) is 8.42 Å². The Bertz CT molecular complexity index is 862. The zero-order chi connectivity index (χ0) is 21.2. The van der Waals surface area contributed by atoms with Crippen molar-refractivity contribution < 1.29 is 22.7 Å². The number of piperazine rings is 1. The third-order valence-corrected chi connectivity index (χ3v) is 8.09. The number of ether oxygens (including phenoxy) is 1. The zero-order valence-corrected chi connectivity index (χ0v) is 18.2. The summed E-state index contributed by atoms with van der Waals surface area (Å²) in [5, 5.41) is 0. The van der Waals surface area contributed by atoms with E-state index < -0.39 is 15.4 Å². The molecule has 1 saturated carbocycles. The van der Waals surface area contributed by atoms with Crippen molar-refractivity contribution in [1.82, 2.24) is 9.21 Å². The van der Waals surface area contributed by atoms with E-state index >= 15 is 0 Å². The zero-order valence-electron chi connectivity index (χ0n) is 17.4. The summed E-state index contributed by atoms with van der Waals surface area (Å²) in [6, 6.07) is 5.89. The highest BCUT2D eigenvalue weighted by Gasteiger charge is 2.47. The summed E-state index contributed by atoms with van der Waals surface area (Å²) in [7, 11) is -3.63. The van der Waals surface area contributed by atoms with E-state index in [4.69, 9.17) is 4.74 Å². The minimum atomic E-state index is -3.63. The fourth-order valence-corrected chi connectivity index (χ4v) is 5.87. The molecule has 1 aromatic rings. The molecule has 0 N–H and O–H groups in total. The maximum absolute atomic E-state index is 13.1. The minimum absolute atomic E-state index is 0.0950. The van der Waals surface area contributed by atoms with Gasteiger partial charge in [-0.1, -0.05) is 18.6 Å².